The summed E-state index contributed by atoms with van der Waals surface area (Å²) in [7, 11) is -1.56. The summed E-state index contributed by atoms with van der Waals surface area (Å²) < 4.78 is 6.72. The average molecular weight is 526 g/mol. The minimum absolute atomic E-state index is 0.0808. The van der Waals surface area contributed by atoms with Gasteiger partial charge in [-0.1, -0.05) is 93.6 Å². The summed E-state index contributed by atoms with van der Waals surface area (Å²) in [6, 6.07) is 24.5. The summed E-state index contributed by atoms with van der Waals surface area (Å²) >= 11 is 0. The highest BCUT2D eigenvalue weighted by atomic mass is 28.3. The molecule has 0 aromatic heterocycles. The van der Waals surface area contributed by atoms with Crippen LogP contribution < -0.4 is 15.7 Å². The highest BCUT2D eigenvalue weighted by Gasteiger charge is 2.31. The fraction of sp³-hybridized carbons (Fsp3) is 0.258. The summed E-state index contributed by atoms with van der Waals surface area (Å²) in [4.78, 5) is 38.2. The van der Waals surface area contributed by atoms with E-state index in [9.17, 15) is 14.4 Å². The number of nitrogens with one attached hydrogen (secondary N) is 1. The van der Waals surface area contributed by atoms with Gasteiger partial charge in [0.25, 0.3) is 14.9 Å². The van der Waals surface area contributed by atoms with Gasteiger partial charge in [0.2, 0.25) is 11.8 Å². The van der Waals surface area contributed by atoms with Crippen molar-refractivity contribution in [1.29, 1.82) is 0 Å². The number of amides is 3. The van der Waals surface area contributed by atoms with Gasteiger partial charge < -0.3 is 9.74 Å². The molecule has 4 rings (SSSR count). The average Bonchev–Trinajstić information content (AvgIpc) is 2.88. The van der Waals surface area contributed by atoms with Crippen molar-refractivity contribution < 1.29 is 18.8 Å². The van der Waals surface area contributed by atoms with Gasteiger partial charge in [0.1, 0.15) is 12.2 Å². The zero-order chi connectivity index (χ0) is 27.4. The Morgan fingerprint density at radius 1 is 0.974 bits per heavy atom. The molecular weight excluding hydrogens is 492 g/mol. The fourth-order valence-electron chi connectivity index (χ4n) is 4.69. The maximum absolute atomic E-state index is 13.0. The summed E-state index contributed by atoms with van der Waals surface area (Å²) in [6.45, 7) is 9.90. The Morgan fingerprint density at radius 3 is 2.08 bits per heavy atom. The van der Waals surface area contributed by atoms with E-state index in [2.05, 4.69) is 63.3 Å². The molecule has 1 N–H and O–H groups in total. The Bertz CT molecular complexity index is 1340. The molecule has 1 fully saturated rings. The smallest absolute Gasteiger partial charge is 0.283 e. The molecule has 1 saturated heterocycles. The number of piperazine rings is 1. The Kier molecular flexibility index (Phi) is 8.09. The van der Waals surface area contributed by atoms with Gasteiger partial charge in [-0.05, 0) is 51.0 Å². The second-order valence-corrected chi connectivity index (χ2v) is 12.5. The lowest BCUT2D eigenvalue weighted by Crippen LogP contribution is -2.51. The van der Waals surface area contributed by atoms with Gasteiger partial charge in [-0.15, -0.1) is 0 Å². The highest BCUT2D eigenvalue weighted by molar-refractivity contribution is 6.80. The van der Waals surface area contributed by atoms with E-state index in [4.69, 9.17) is 4.43 Å². The maximum Gasteiger partial charge on any atom is 0.283 e. The molecule has 7 heteroatoms. The molecule has 0 bridgehead atoms. The van der Waals surface area contributed by atoms with Crippen molar-refractivity contribution in [3.63, 3.8) is 0 Å². The van der Waals surface area contributed by atoms with Crippen LogP contribution in [0.4, 0.5) is 0 Å². The maximum atomic E-state index is 13.0. The van der Waals surface area contributed by atoms with Crippen LogP contribution in [0, 0.1) is 6.92 Å². The van der Waals surface area contributed by atoms with E-state index in [1.165, 1.54) is 12.5 Å². The number of nitrogens with zero attached hydrogens (tertiary/aromatic N) is 1. The molecule has 3 aromatic rings. The quantitative estimate of drug-likeness (QED) is 0.395. The molecule has 0 unspecified atom stereocenters. The molecular formula is C31H33N2O4Si. The number of hydrogen-bond donors (Lipinski definition) is 1. The fourth-order valence-corrected chi connectivity index (χ4v) is 6.63. The third-order valence-electron chi connectivity index (χ3n) is 6.61. The largest absolute Gasteiger partial charge is 0.403 e. The van der Waals surface area contributed by atoms with Crippen molar-refractivity contribution in [2.45, 2.75) is 46.6 Å². The molecule has 3 aromatic carbocycles. The number of benzene rings is 3. The third kappa shape index (κ3) is 6.01. The first-order valence-corrected chi connectivity index (χ1v) is 14.0. The van der Waals surface area contributed by atoms with Crippen molar-refractivity contribution >= 4 is 43.2 Å². The lowest BCUT2D eigenvalue weighted by Gasteiger charge is -2.27. The van der Waals surface area contributed by atoms with Crippen molar-refractivity contribution in [3.8, 4) is 0 Å². The van der Waals surface area contributed by atoms with Gasteiger partial charge in [-0.2, -0.15) is 0 Å². The molecule has 1 radical (unpaired) electrons. The van der Waals surface area contributed by atoms with Gasteiger partial charge in [0, 0.05) is 6.92 Å². The lowest BCUT2D eigenvalue weighted by atomic mass is 9.81. The molecule has 3 amide bonds. The topological polar surface area (TPSA) is 75.7 Å². The van der Waals surface area contributed by atoms with Crippen LogP contribution in [0.25, 0.3) is 6.08 Å². The van der Waals surface area contributed by atoms with E-state index in [1.807, 2.05) is 42.5 Å². The van der Waals surface area contributed by atoms with Gasteiger partial charge in [-0.25, -0.2) is 0 Å². The first kappa shape index (κ1) is 27.2. The van der Waals surface area contributed by atoms with Crippen LogP contribution in [-0.4, -0.2) is 38.2 Å². The number of rotatable bonds is 6. The summed E-state index contributed by atoms with van der Waals surface area (Å²) in [5, 5.41) is 4.93. The van der Waals surface area contributed by atoms with Crippen molar-refractivity contribution in [2.75, 3.05) is 6.54 Å². The first-order chi connectivity index (χ1) is 18.1. The van der Waals surface area contributed by atoms with Crippen LogP contribution in [0.3, 0.4) is 0 Å². The molecule has 195 valence electrons. The SMILES string of the molecule is CC(=O)N1CC(=O)NC(=Cc2ccc(C(C)(C)C)c(C)c2CO[Si](c2ccccc2)c2ccccc2)C1=O. The monoisotopic (exact) mass is 525 g/mol. The predicted octanol–water partition coefficient (Wildman–Crippen LogP) is 3.46. The van der Waals surface area contributed by atoms with Crippen molar-refractivity contribution in [2.24, 2.45) is 0 Å². The highest BCUT2D eigenvalue weighted by Crippen LogP contribution is 2.31. The van der Waals surface area contributed by atoms with E-state index in [0.717, 1.165) is 32.0 Å². The molecule has 0 aliphatic carbocycles. The second-order valence-electron chi connectivity index (χ2n) is 10.4. The number of carbonyl (C=O) groups is 3. The zero-order valence-electron chi connectivity index (χ0n) is 22.5. The zero-order valence-corrected chi connectivity index (χ0v) is 23.5. The minimum atomic E-state index is -1.56. The Hall–Kier alpha value is -3.81. The van der Waals surface area contributed by atoms with Crippen LogP contribution >= 0.6 is 0 Å². The second kappa shape index (κ2) is 11.3. The molecule has 38 heavy (non-hydrogen) atoms. The standard InChI is InChI=1S/C31H33N2O4Si/c1-21-26(20-37-38(24-12-8-6-9-13-24)25-14-10-7-11-15-25)23(16-17-27(21)31(3,4)5)18-28-30(36)33(22(2)34)19-29(35)32-28/h6-18H,19-20H2,1-5H3,(H,32,35). The van der Waals surface area contributed by atoms with Crippen LogP contribution in [0.5, 0.6) is 0 Å². The van der Waals surface area contributed by atoms with Crippen LogP contribution in [0.1, 0.15) is 49.9 Å². The number of carbonyl (C=O) groups excluding carboxylic acids is 3. The van der Waals surface area contributed by atoms with Gasteiger partial charge in [0.05, 0.1) is 6.61 Å². The Morgan fingerprint density at radius 2 is 1.55 bits per heavy atom. The Balaban J connectivity index is 1.77. The normalized spacial score (nSPS) is 15.2. The van der Waals surface area contributed by atoms with Crippen molar-refractivity contribution in [1.82, 2.24) is 10.2 Å². The third-order valence-corrected chi connectivity index (χ3v) is 8.76. The first-order valence-electron chi connectivity index (χ1n) is 12.6. The van der Waals surface area contributed by atoms with Crippen LogP contribution in [-0.2, 0) is 30.8 Å². The molecule has 0 atom stereocenters. The summed E-state index contributed by atoms with van der Waals surface area (Å²) in [5.41, 5.74) is 3.95. The summed E-state index contributed by atoms with van der Waals surface area (Å²) in [5.74, 6) is -1.37. The van der Waals surface area contributed by atoms with E-state index in [-0.39, 0.29) is 17.7 Å². The van der Waals surface area contributed by atoms with Gasteiger partial charge in [-0.3, -0.25) is 19.3 Å². The van der Waals surface area contributed by atoms with Crippen molar-refractivity contribution in [3.05, 3.63) is 101 Å². The number of hydrogen-bond acceptors (Lipinski definition) is 4. The van der Waals surface area contributed by atoms with Crippen LogP contribution in [0.2, 0.25) is 0 Å². The van der Waals surface area contributed by atoms with E-state index in [1.54, 1.807) is 6.08 Å². The van der Waals surface area contributed by atoms with Crippen LogP contribution in [0.15, 0.2) is 78.5 Å². The molecule has 1 aliphatic heterocycles. The van der Waals surface area contributed by atoms with E-state index >= 15 is 0 Å². The predicted molar refractivity (Wildman–Crippen MR) is 151 cm³/mol. The Labute approximate surface area is 226 Å². The van der Waals surface area contributed by atoms with Gasteiger partial charge in [0.15, 0.2) is 0 Å². The minimum Gasteiger partial charge on any atom is -0.403 e. The molecule has 1 heterocycles. The molecule has 0 spiro atoms. The molecule has 6 nitrogen and oxygen atoms in total. The van der Waals surface area contributed by atoms with E-state index in [0.29, 0.717) is 6.61 Å². The number of imide groups is 1. The molecule has 1 aliphatic rings. The van der Waals surface area contributed by atoms with Gasteiger partial charge >= 0.3 is 0 Å². The van der Waals surface area contributed by atoms with E-state index < -0.39 is 26.8 Å². The molecule has 0 saturated carbocycles. The lowest BCUT2D eigenvalue weighted by molar-refractivity contribution is -0.147. The summed E-state index contributed by atoms with van der Waals surface area (Å²) in [6.07, 6.45) is 1.66.